The SMILES string of the molecule is Cc1ccc(-c2noc([C@H]3CC3CCF)n2)cc1NC(=O)c1cnn2cc(C(F)F)ccc12. The minimum atomic E-state index is -2.62. The van der Waals surface area contributed by atoms with Crippen LogP contribution in [0.2, 0.25) is 0 Å². The average molecular weight is 455 g/mol. The van der Waals surface area contributed by atoms with Crippen LogP contribution in [-0.2, 0) is 0 Å². The van der Waals surface area contributed by atoms with E-state index in [0.717, 1.165) is 12.0 Å². The zero-order valence-electron chi connectivity index (χ0n) is 17.6. The van der Waals surface area contributed by atoms with Gasteiger partial charge in [-0.3, -0.25) is 9.18 Å². The number of benzene rings is 1. The van der Waals surface area contributed by atoms with Crippen molar-refractivity contribution in [2.24, 2.45) is 5.92 Å². The Morgan fingerprint density at radius 2 is 2.15 bits per heavy atom. The molecular weight excluding hydrogens is 435 g/mol. The summed E-state index contributed by atoms with van der Waals surface area (Å²) < 4.78 is 45.0. The molecule has 1 amide bonds. The van der Waals surface area contributed by atoms with Gasteiger partial charge in [-0.15, -0.1) is 0 Å². The number of fused-ring (bicyclic) bond motifs is 1. The number of hydrogen-bond acceptors (Lipinski definition) is 5. The molecule has 1 fully saturated rings. The number of aromatic nitrogens is 4. The Morgan fingerprint density at radius 3 is 2.94 bits per heavy atom. The van der Waals surface area contributed by atoms with Crippen molar-refractivity contribution in [3.63, 3.8) is 0 Å². The molecule has 1 N–H and O–H groups in total. The first-order valence-electron chi connectivity index (χ1n) is 10.5. The van der Waals surface area contributed by atoms with E-state index in [0.29, 0.717) is 34.9 Å². The number of amides is 1. The van der Waals surface area contributed by atoms with Crippen molar-refractivity contribution in [3.8, 4) is 11.4 Å². The predicted octanol–water partition coefficient (Wildman–Crippen LogP) is 5.35. The summed E-state index contributed by atoms with van der Waals surface area (Å²) in [5.41, 5.74) is 2.53. The van der Waals surface area contributed by atoms with Gasteiger partial charge in [-0.05, 0) is 49.4 Å². The Hall–Kier alpha value is -3.69. The van der Waals surface area contributed by atoms with E-state index in [1.807, 2.05) is 19.1 Å². The van der Waals surface area contributed by atoms with E-state index in [1.165, 1.54) is 29.0 Å². The van der Waals surface area contributed by atoms with Gasteiger partial charge in [0, 0.05) is 28.9 Å². The normalized spacial score (nSPS) is 17.6. The summed E-state index contributed by atoms with van der Waals surface area (Å²) >= 11 is 0. The second kappa shape index (κ2) is 8.34. The van der Waals surface area contributed by atoms with E-state index in [2.05, 4.69) is 20.6 Å². The van der Waals surface area contributed by atoms with Gasteiger partial charge in [-0.2, -0.15) is 10.1 Å². The van der Waals surface area contributed by atoms with Crippen LogP contribution in [0.5, 0.6) is 0 Å². The van der Waals surface area contributed by atoms with Crippen LogP contribution in [0, 0.1) is 12.8 Å². The second-order valence-electron chi connectivity index (χ2n) is 8.17. The molecule has 7 nitrogen and oxygen atoms in total. The minimum absolute atomic E-state index is 0.104. The first kappa shape index (κ1) is 21.2. The topological polar surface area (TPSA) is 85.3 Å². The lowest BCUT2D eigenvalue weighted by Crippen LogP contribution is -2.12. The van der Waals surface area contributed by atoms with Crippen LogP contribution in [0.3, 0.4) is 0 Å². The molecule has 0 spiro atoms. The summed E-state index contributed by atoms with van der Waals surface area (Å²) in [5, 5.41) is 10.9. The summed E-state index contributed by atoms with van der Waals surface area (Å²) in [5.74, 6) is 0.827. The molecule has 3 aromatic heterocycles. The first-order valence-corrected chi connectivity index (χ1v) is 10.5. The van der Waals surface area contributed by atoms with Crippen LogP contribution in [0.15, 0.2) is 47.2 Å². The van der Waals surface area contributed by atoms with Crippen LogP contribution >= 0.6 is 0 Å². The van der Waals surface area contributed by atoms with Crippen LogP contribution < -0.4 is 5.32 Å². The fourth-order valence-corrected chi connectivity index (χ4v) is 3.90. The third kappa shape index (κ3) is 4.08. The summed E-state index contributed by atoms with van der Waals surface area (Å²) in [4.78, 5) is 17.4. The lowest BCUT2D eigenvalue weighted by Gasteiger charge is -2.09. The molecular formula is C23H20F3N5O2. The summed E-state index contributed by atoms with van der Waals surface area (Å²) in [6.45, 7) is 1.49. The van der Waals surface area contributed by atoms with E-state index in [9.17, 15) is 18.0 Å². The van der Waals surface area contributed by atoms with E-state index >= 15 is 0 Å². The average Bonchev–Trinajstić information content (AvgIpc) is 3.21. The molecule has 0 saturated heterocycles. The number of halogens is 3. The monoisotopic (exact) mass is 455 g/mol. The maximum atomic E-state index is 12.9. The highest BCUT2D eigenvalue weighted by Gasteiger charge is 2.42. The fraction of sp³-hybridized carbons (Fsp3) is 0.304. The molecule has 1 aliphatic carbocycles. The lowest BCUT2D eigenvalue weighted by molar-refractivity contribution is 0.102. The standard InChI is InChI=1S/C23H20F3N5O2/c1-12-2-3-14(21-29-23(33-30-21)16-8-13(16)6-7-24)9-18(12)28-22(32)17-10-27-31-11-15(20(25)26)4-5-19(17)31/h2-5,9-11,13,16,20H,6-8H2,1H3,(H,28,32)/t13?,16-/m0/s1. The molecule has 10 heteroatoms. The molecule has 33 heavy (non-hydrogen) atoms. The third-order valence-electron chi connectivity index (χ3n) is 5.94. The number of nitrogens with zero attached hydrogens (tertiary/aromatic N) is 4. The van der Waals surface area contributed by atoms with Gasteiger partial charge in [0.2, 0.25) is 11.7 Å². The molecule has 170 valence electrons. The van der Waals surface area contributed by atoms with E-state index in [1.54, 1.807) is 6.07 Å². The van der Waals surface area contributed by atoms with E-state index in [4.69, 9.17) is 4.52 Å². The van der Waals surface area contributed by atoms with Gasteiger partial charge in [0.05, 0.1) is 24.0 Å². The summed E-state index contributed by atoms with van der Waals surface area (Å²) in [7, 11) is 0. The molecule has 0 bridgehead atoms. The van der Waals surface area contributed by atoms with E-state index < -0.39 is 12.3 Å². The Kier molecular flexibility index (Phi) is 5.35. The summed E-state index contributed by atoms with van der Waals surface area (Å²) in [6.07, 6.45) is 1.26. The highest BCUT2D eigenvalue weighted by molar-refractivity contribution is 6.09. The van der Waals surface area contributed by atoms with Gasteiger partial charge < -0.3 is 9.84 Å². The van der Waals surface area contributed by atoms with Gasteiger partial charge in [-0.1, -0.05) is 17.3 Å². The molecule has 1 aliphatic rings. The van der Waals surface area contributed by atoms with Crippen LogP contribution in [-0.4, -0.2) is 32.3 Å². The van der Waals surface area contributed by atoms with Crippen molar-refractivity contribution in [2.75, 3.05) is 12.0 Å². The number of nitrogens with one attached hydrogen (secondary N) is 1. The minimum Gasteiger partial charge on any atom is -0.339 e. The number of pyridine rings is 1. The number of carbonyl (C=O) groups is 1. The molecule has 0 radical (unpaired) electrons. The molecule has 1 unspecified atom stereocenters. The van der Waals surface area contributed by atoms with Crippen molar-refractivity contribution in [1.82, 2.24) is 19.8 Å². The van der Waals surface area contributed by atoms with Crippen molar-refractivity contribution < 1.29 is 22.5 Å². The fourth-order valence-electron chi connectivity index (χ4n) is 3.90. The number of rotatable bonds is 7. The van der Waals surface area contributed by atoms with Gasteiger partial charge in [0.15, 0.2) is 0 Å². The van der Waals surface area contributed by atoms with Crippen molar-refractivity contribution >= 4 is 17.1 Å². The number of alkyl halides is 3. The van der Waals surface area contributed by atoms with Crippen LogP contribution in [0.1, 0.15) is 52.6 Å². The smallest absolute Gasteiger partial charge is 0.265 e. The lowest BCUT2D eigenvalue weighted by atomic mass is 10.1. The number of anilines is 1. The predicted molar refractivity (Wildman–Crippen MR) is 114 cm³/mol. The Morgan fingerprint density at radius 1 is 1.30 bits per heavy atom. The maximum Gasteiger partial charge on any atom is 0.265 e. The number of aryl methyl sites for hydroxylation is 1. The first-order chi connectivity index (χ1) is 15.9. The van der Waals surface area contributed by atoms with Crippen LogP contribution in [0.25, 0.3) is 16.9 Å². The zero-order chi connectivity index (χ0) is 23.1. The molecule has 1 saturated carbocycles. The Labute approximate surface area is 186 Å². The van der Waals surface area contributed by atoms with Gasteiger partial charge in [0.1, 0.15) is 0 Å². The maximum absolute atomic E-state index is 12.9. The van der Waals surface area contributed by atoms with Gasteiger partial charge >= 0.3 is 0 Å². The summed E-state index contributed by atoms with van der Waals surface area (Å²) in [6, 6.07) is 8.12. The second-order valence-corrected chi connectivity index (χ2v) is 8.17. The highest BCUT2D eigenvalue weighted by Crippen LogP contribution is 2.49. The van der Waals surface area contributed by atoms with Crippen LogP contribution in [0.4, 0.5) is 18.9 Å². The molecule has 4 aromatic rings. The Balaban J connectivity index is 1.36. The van der Waals surface area contributed by atoms with Crippen molar-refractivity contribution in [2.45, 2.75) is 32.1 Å². The molecule has 2 atom stereocenters. The quantitative estimate of drug-likeness (QED) is 0.406. The van der Waals surface area contributed by atoms with E-state index in [-0.39, 0.29) is 29.6 Å². The number of hydrogen-bond donors (Lipinski definition) is 1. The van der Waals surface area contributed by atoms with Crippen molar-refractivity contribution in [1.29, 1.82) is 0 Å². The molecule has 0 aliphatic heterocycles. The highest BCUT2D eigenvalue weighted by atomic mass is 19.3. The molecule has 3 heterocycles. The van der Waals surface area contributed by atoms with Gasteiger partial charge in [-0.25, -0.2) is 13.3 Å². The van der Waals surface area contributed by atoms with Gasteiger partial charge in [0.25, 0.3) is 12.3 Å². The zero-order valence-corrected chi connectivity index (χ0v) is 17.6. The molecule has 5 rings (SSSR count). The third-order valence-corrected chi connectivity index (χ3v) is 5.94. The Bertz CT molecular complexity index is 1330. The largest absolute Gasteiger partial charge is 0.339 e. The number of carbonyl (C=O) groups excluding carboxylic acids is 1. The molecule has 1 aromatic carbocycles. The van der Waals surface area contributed by atoms with Crippen molar-refractivity contribution in [3.05, 3.63) is 65.3 Å².